The van der Waals surface area contributed by atoms with Gasteiger partial charge in [-0.1, -0.05) is 37.0 Å². The van der Waals surface area contributed by atoms with E-state index in [9.17, 15) is 5.11 Å². The van der Waals surface area contributed by atoms with Crippen LogP contribution in [0.15, 0.2) is 18.2 Å². The molecular formula is C17H27NO2. The van der Waals surface area contributed by atoms with Crippen LogP contribution in [0.3, 0.4) is 0 Å². The lowest BCUT2D eigenvalue weighted by molar-refractivity contribution is -0.0341. The minimum absolute atomic E-state index is 0.242. The third-order valence-corrected chi connectivity index (χ3v) is 4.35. The Bertz CT molecular complexity index is 439. The van der Waals surface area contributed by atoms with Crippen LogP contribution in [0.5, 0.6) is 5.75 Å². The van der Waals surface area contributed by atoms with Crippen LogP contribution in [0.4, 0.5) is 0 Å². The van der Waals surface area contributed by atoms with Crippen LogP contribution in [0.1, 0.15) is 56.2 Å². The number of aryl methyl sites for hydroxylation is 1. The number of rotatable bonds is 5. The van der Waals surface area contributed by atoms with Crippen molar-refractivity contribution in [2.45, 2.75) is 57.6 Å². The molecule has 20 heavy (non-hydrogen) atoms. The molecule has 1 saturated carbocycles. The average molecular weight is 277 g/mol. The minimum atomic E-state index is -0.636. The van der Waals surface area contributed by atoms with E-state index in [1.807, 2.05) is 13.1 Å². The Labute approximate surface area is 122 Å². The van der Waals surface area contributed by atoms with Gasteiger partial charge in [-0.15, -0.1) is 0 Å². The molecule has 1 atom stereocenters. The molecule has 1 aromatic rings. The van der Waals surface area contributed by atoms with Gasteiger partial charge in [-0.3, -0.25) is 0 Å². The van der Waals surface area contributed by atoms with E-state index in [0.717, 1.165) is 37.0 Å². The molecule has 3 nitrogen and oxygen atoms in total. The zero-order valence-electron chi connectivity index (χ0n) is 12.9. The second-order valence-electron chi connectivity index (χ2n) is 6.13. The summed E-state index contributed by atoms with van der Waals surface area (Å²) in [4.78, 5) is 0. The van der Waals surface area contributed by atoms with Gasteiger partial charge in [-0.25, -0.2) is 0 Å². The third-order valence-electron chi connectivity index (χ3n) is 4.35. The maximum absolute atomic E-state index is 10.5. The summed E-state index contributed by atoms with van der Waals surface area (Å²) in [5, 5.41) is 13.8. The van der Waals surface area contributed by atoms with Gasteiger partial charge in [0.05, 0.1) is 5.60 Å². The Morgan fingerprint density at radius 1 is 1.30 bits per heavy atom. The summed E-state index contributed by atoms with van der Waals surface area (Å²) in [6.07, 6.45) is 5.15. The van der Waals surface area contributed by atoms with Crippen molar-refractivity contribution in [3.63, 3.8) is 0 Å². The molecule has 0 bridgehead atoms. The lowest BCUT2D eigenvalue weighted by atomic mass is 9.85. The van der Waals surface area contributed by atoms with Crippen molar-refractivity contribution in [3.8, 4) is 5.75 Å². The summed E-state index contributed by atoms with van der Waals surface area (Å²) < 4.78 is 5.97. The molecule has 112 valence electrons. The highest BCUT2D eigenvalue weighted by atomic mass is 16.5. The Morgan fingerprint density at radius 3 is 2.65 bits per heavy atom. The lowest BCUT2D eigenvalue weighted by Gasteiger charge is -2.32. The van der Waals surface area contributed by atoms with Crippen molar-refractivity contribution in [2.75, 3.05) is 13.7 Å². The fraction of sp³-hybridized carbons (Fsp3) is 0.647. The molecule has 2 rings (SSSR count). The van der Waals surface area contributed by atoms with Crippen molar-refractivity contribution >= 4 is 0 Å². The van der Waals surface area contributed by atoms with Crippen molar-refractivity contribution in [1.82, 2.24) is 5.32 Å². The van der Waals surface area contributed by atoms with Gasteiger partial charge in [-0.2, -0.15) is 0 Å². The predicted octanol–water partition coefficient (Wildman–Crippen LogP) is 3.35. The number of benzene rings is 1. The van der Waals surface area contributed by atoms with E-state index in [-0.39, 0.29) is 6.04 Å². The standard InChI is InChI=1S/C17H27NO2/c1-13-7-8-16(15(11-13)14(2)18-3)20-12-17(19)9-5-4-6-10-17/h7-8,11,14,18-19H,4-6,9-10,12H2,1-3H3. The van der Waals surface area contributed by atoms with E-state index in [1.54, 1.807) is 0 Å². The van der Waals surface area contributed by atoms with Crippen LogP contribution >= 0.6 is 0 Å². The van der Waals surface area contributed by atoms with Gasteiger partial charge in [0.25, 0.3) is 0 Å². The number of ether oxygens (including phenoxy) is 1. The van der Waals surface area contributed by atoms with Gasteiger partial charge in [0, 0.05) is 11.6 Å². The molecule has 0 spiro atoms. The minimum Gasteiger partial charge on any atom is -0.490 e. The summed E-state index contributed by atoms with van der Waals surface area (Å²) >= 11 is 0. The van der Waals surface area contributed by atoms with E-state index in [0.29, 0.717) is 6.61 Å². The Morgan fingerprint density at radius 2 is 2.00 bits per heavy atom. The zero-order valence-corrected chi connectivity index (χ0v) is 12.9. The molecule has 3 heteroatoms. The molecular weight excluding hydrogens is 250 g/mol. The monoisotopic (exact) mass is 277 g/mol. The van der Waals surface area contributed by atoms with Crippen LogP contribution in [-0.2, 0) is 0 Å². The highest BCUT2D eigenvalue weighted by molar-refractivity contribution is 5.39. The zero-order chi connectivity index (χ0) is 14.6. The van der Waals surface area contributed by atoms with Crippen LogP contribution in [0, 0.1) is 6.92 Å². The smallest absolute Gasteiger partial charge is 0.124 e. The molecule has 1 aliphatic carbocycles. The summed E-state index contributed by atoms with van der Waals surface area (Å²) in [7, 11) is 1.95. The van der Waals surface area contributed by atoms with Crippen LogP contribution < -0.4 is 10.1 Å². The van der Waals surface area contributed by atoms with E-state index in [1.165, 1.54) is 12.0 Å². The number of hydrogen-bond acceptors (Lipinski definition) is 3. The van der Waals surface area contributed by atoms with Crippen molar-refractivity contribution in [2.24, 2.45) is 0 Å². The second-order valence-corrected chi connectivity index (χ2v) is 6.13. The first-order chi connectivity index (χ1) is 9.54. The highest BCUT2D eigenvalue weighted by Crippen LogP contribution is 2.31. The molecule has 0 radical (unpaired) electrons. The highest BCUT2D eigenvalue weighted by Gasteiger charge is 2.30. The van der Waals surface area contributed by atoms with Crippen LogP contribution in [0.2, 0.25) is 0 Å². The molecule has 1 aromatic carbocycles. The quantitative estimate of drug-likeness (QED) is 0.867. The van der Waals surface area contributed by atoms with Gasteiger partial charge in [0.1, 0.15) is 12.4 Å². The predicted molar refractivity (Wildman–Crippen MR) is 82.2 cm³/mol. The van der Waals surface area contributed by atoms with Crippen LogP contribution in [0.25, 0.3) is 0 Å². The summed E-state index contributed by atoms with van der Waals surface area (Å²) in [5.41, 5.74) is 1.75. The molecule has 0 saturated heterocycles. The second kappa shape index (κ2) is 6.59. The molecule has 0 heterocycles. The van der Waals surface area contributed by atoms with Gasteiger partial charge >= 0.3 is 0 Å². The Hall–Kier alpha value is -1.06. The summed E-state index contributed by atoms with van der Waals surface area (Å²) in [5.74, 6) is 0.886. The lowest BCUT2D eigenvalue weighted by Crippen LogP contribution is -2.38. The molecule has 0 amide bonds. The van der Waals surface area contributed by atoms with E-state index < -0.39 is 5.60 Å². The van der Waals surface area contributed by atoms with E-state index in [4.69, 9.17) is 4.74 Å². The largest absolute Gasteiger partial charge is 0.490 e. The maximum Gasteiger partial charge on any atom is 0.124 e. The van der Waals surface area contributed by atoms with Crippen molar-refractivity contribution in [1.29, 1.82) is 0 Å². The SMILES string of the molecule is CNC(C)c1cc(C)ccc1OCC1(O)CCCCC1. The van der Waals surface area contributed by atoms with Crippen molar-refractivity contribution < 1.29 is 9.84 Å². The third kappa shape index (κ3) is 3.74. The Kier molecular flexibility index (Phi) is 5.06. The fourth-order valence-corrected chi connectivity index (χ4v) is 2.86. The molecule has 1 aliphatic rings. The normalized spacial score (nSPS) is 19.6. The molecule has 0 aliphatic heterocycles. The molecule has 1 unspecified atom stereocenters. The molecule has 2 N–H and O–H groups in total. The number of aliphatic hydroxyl groups is 1. The topological polar surface area (TPSA) is 41.5 Å². The average Bonchev–Trinajstić information content (AvgIpc) is 2.46. The fourth-order valence-electron chi connectivity index (χ4n) is 2.86. The first-order valence-electron chi connectivity index (χ1n) is 7.67. The van der Waals surface area contributed by atoms with E-state index >= 15 is 0 Å². The van der Waals surface area contributed by atoms with Gasteiger partial charge in [0.15, 0.2) is 0 Å². The molecule has 1 fully saturated rings. The van der Waals surface area contributed by atoms with Gasteiger partial charge in [-0.05, 0) is 39.8 Å². The first-order valence-corrected chi connectivity index (χ1v) is 7.67. The number of nitrogens with one attached hydrogen (secondary N) is 1. The van der Waals surface area contributed by atoms with Gasteiger partial charge < -0.3 is 15.2 Å². The Balaban J connectivity index is 2.08. The van der Waals surface area contributed by atoms with E-state index in [2.05, 4.69) is 31.3 Å². The maximum atomic E-state index is 10.5. The first kappa shape index (κ1) is 15.3. The molecule has 0 aromatic heterocycles. The van der Waals surface area contributed by atoms with Crippen LogP contribution in [-0.4, -0.2) is 24.4 Å². The number of hydrogen-bond donors (Lipinski definition) is 2. The summed E-state index contributed by atoms with van der Waals surface area (Å²) in [6.45, 7) is 4.61. The van der Waals surface area contributed by atoms with Gasteiger partial charge in [0.2, 0.25) is 0 Å². The van der Waals surface area contributed by atoms with Crippen molar-refractivity contribution in [3.05, 3.63) is 29.3 Å². The summed E-state index contributed by atoms with van der Waals surface area (Å²) in [6, 6.07) is 6.48.